The summed E-state index contributed by atoms with van der Waals surface area (Å²) >= 11 is 0. The van der Waals surface area contributed by atoms with Crippen LogP contribution in [0.3, 0.4) is 0 Å². The molecule has 0 radical (unpaired) electrons. The first-order chi connectivity index (χ1) is 8.92. The largest absolute Gasteiger partial charge is 0.378 e. The minimum Gasteiger partial charge on any atom is -0.378 e. The molecule has 1 atom stereocenters. The van der Waals surface area contributed by atoms with Gasteiger partial charge in [-0.25, -0.2) is 4.98 Å². The van der Waals surface area contributed by atoms with Gasteiger partial charge < -0.3 is 14.6 Å². The Bertz CT molecular complexity index is 365. The number of aromatic nitrogens is 2. The summed E-state index contributed by atoms with van der Waals surface area (Å²) in [5.41, 5.74) is 0. The smallest absolute Gasteiger partial charge is 0.202 e. The zero-order chi connectivity index (χ0) is 12.2. The predicted octanol–water partition coefficient (Wildman–Crippen LogP) is 2.81. The van der Waals surface area contributed by atoms with Crippen LogP contribution in [0.1, 0.15) is 44.9 Å². The van der Waals surface area contributed by atoms with Crippen molar-refractivity contribution in [2.75, 3.05) is 11.9 Å². The van der Waals surface area contributed by atoms with Crippen molar-refractivity contribution in [3.8, 4) is 0 Å². The SMILES string of the molecule is c1cn(CCC2CCCO2)c(NC2CCCC2)n1. The summed E-state index contributed by atoms with van der Waals surface area (Å²) in [7, 11) is 0. The summed E-state index contributed by atoms with van der Waals surface area (Å²) in [4.78, 5) is 4.44. The van der Waals surface area contributed by atoms with E-state index in [1.807, 2.05) is 6.20 Å². The number of rotatable bonds is 5. The first kappa shape index (κ1) is 12.0. The van der Waals surface area contributed by atoms with E-state index in [0.717, 1.165) is 25.5 Å². The highest BCUT2D eigenvalue weighted by atomic mass is 16.5. The molecule has 1 aromatic heterocycles. The molecule has 1 unspecified atom stereocenters. The number of nitrogens with one attached hydrogen (secondary N) is 1. The fourth-order valence-electron chi connectivity index (χ4n) is 3.04. The minimum atomic E-state index is 0.465. The number of hydrogen-bond donors (Lipinski definition) is 1. The van der Waals surface area contributed by atoms with Crippen molar-refractivity contribution in [2.45, 2.75) is 63.6 Å². The lowest BCUT2D eigenvalue weighted by atomic mass is 10.2. The highest BCUT2D eigenvalue weighted by Crippen LogP contribution is 2.22. The van der Waals surface area contributed by atoms with Gasteiger partial charge in [0.15, 0.2) is 0 Å². The van der Waals surface area contributed by atoms with Crippen molar-refractivity contribution in [1.82, 2.24) is 9.55 Å². The van der Waals surface area contributed by atoms with Crippen molar-refractivity contribution in [2.24, 2.45) is 0 Å². The van der Waals surface area contributed by atoms with Gasteiger partial charge in [0, 0.05) is 31.6 Å². The van der Waals surface area contributed by atoms with Crippen LogP contribution in [0.4, 0.5) is 5.95 Å². The van der Waals surface area contributed by atoms with E-state index < -0.39 is 0 Å². The van der Waals surface area contributed by atoms with E-state index in [1.165, 1.54) is 38.5 Å². The quantitative estimate of drug-likeness (QED) is 0.872. The van der Waals surface area contributed by atoms with Gasteiger partial charge >= 0.3 is 0 Å². The number of hydrogen-bond acceptors (Lipinski definition) is 3. The van der Waals surface area contributed by atoms with Crippen molar-refractivity contribution >= 4 is 5.95 Å². The van der Waals surface area contributed by atoms with Crippen molar-refractivity contribution in [3.63, 3.8) is 0 Å². The van der Waals surface area contributed by atoms with Crippen LogP contribution in [-0.2, 0) is 11.3 Å². The monoisotopic (exact) mass is 249 g/mol. The number of nitrogens with zero attached hydrogens (tertiary/aromatic N) is 2. The van der Waals surface area contributed by atoms with E-state index in [9.17, 15) is 0 Å². The van der Waals surface area contributed by atoms with Crippen LogP contribution in [0.25, 0.3) is 0 Å². The second-order valence-electron chi connectivity index (χ2n) is 5.49. The molecule has 2 fully saturated rings. The minimum absolute atomic E-state index is 0.465. The zero-order valence-corrected chi connectivity index (χ0v) is 11.0. The van der Waals surface area contributed by atoms with E-state index in [0.29, 0.717) is 12.1 Å². The summed E-state index contributed by atoms with van der Waals surface area (Å²) in [5.74, 6) is 1.04. The molecule has 2 heterocycles. The lowest BCUT2D eigenvalue weighted by molar-refractivity contribution is 0.100. The standard InChI is InChI=1S/C14H23N3O/c1-2-5-12(4-1)16-14-15-8-10-17(14)9-7-13-6-3-11-18-13/h8,10,12-13H,1-7,9,11H2,(H,15,16). The maximum absolute atomic E-state index is 5.67. The van der Waals surface area contributed by atoms with E-state index in [1.54, 1.807) is 0 Å². The summed E-state index contributed by atoms with van der Waals surface area (Å²) in [5, 5.41) is 3.58. The first-order valence-corrected chi connectivity index (χ1v) is 7.31. The van der Waals surface area contributed by atoms with E-state index >= 15 is 0 Å². The van der Waals surface area contributed by atoms with Gasteiger partial charge in [-0.3, -0.25) is 0 Å². The molecular formula is C14H23N3O. The molecule has 18 heavy (non-hydrogen) atoms. The molecule has 0 amide bonds. The van der Waals surface area contributed by atoms with Crippen LogP contribution in [-0.4, -0.2) is 28.3 Å². The second kappa shape index (κ2) is 5.74. The molecule has 4 heteroatoms. The van der Waals surface area contributed by atoms with Gasteiger partial charge in [-0.05, 0) is 32.1 Å². The van der Waals surface area contributed by atoms with Gasteiger partial charge in [0.1, 0.15) is 0 Å². The van der Waals surface area contributed by atoms with Gasteiger partial charge in [0.2, 0.25) is 5.95 Å². The molecule has 1 saturated carbocycles. The van der Waals surface area contributed by atoms with E-state index in [2.05, 4.69) is 21.1 Å². The molecule has 100 valence electrons. The Hall–Kier alpha value is -1.03. The normalized spacial score (nSPS) is 24.8. The average Bonchev–Trinajstić information content (AvgIpc) is 3.10. The van der Waals surface area contributed by atoms with Gasteiger partial charge in [-0.15, -0.1) is 0 Å². The molecule has 3 rings (SSSR count). The molecule has 4 nitrogen and oxygen atoms in total. The first-order valence-electron chi connectivity index (χ1n) is 7.31. The van der Waals surface area contributed by atoms with Crippen LogP contribution in [0, 0.1) is 0 Å². The van der Waals surface area contributed by atoms with Crippen molar-refractivity contribution in [1.29, 1.82) is 0 Å². The number of anilines is 1. The molecule has 0 bridgehead atoms. The Morgan fingerprint density at radius 1 is 1.28 bits per heavy atom. The Kier molecular flexibility index (Phi) is 3.84. The third-order valence-corrected chi connectivity index (χ3v) is 4.12. The lowest BCUT2D eigenvalue weighted by Gasteiger charge is -2.16. The number of aryl methyl sites for hydroxylation is 1. The highest BCUT2D eigenvalue weighted by Gasteiger charge is 2.18. The van der Waals surface area contributed by atoms with Gasteiger partial charge in [-0.2, -0.15) is 0 Å². The third-order valence-electron chi connectivity index (χ3n) is 4.12. The maximum atomic E-state index is 5.67. The molecular weight excluding hydrogens is 226 g/mol. The van der Waals surface area contributed by atoms with Crippen LogP contribution >= 0.6 is 0 Å². The Labute approximate surface area is 109 Å². The van der Waals surface area contributed by atoms with Crippen LogP contribution in [0.15, 0.2) is 12.4 Å². The van der Waals surface area contributed by atoms with Crippen molar-refractivity contribution in [3.05, 3.63) is 12.4 Å². The number of imidazole rings is 1. The Morgan fingerprint density at radius 3 is 2.94 bits per heavy atom. The summed E-state index contributed by atoms with van der Waals surface area (Å²) in [6.07, 6.45) is 13.3. The fraction of sp³-hybridized carbons (Fsp3) is 0.786. The average molecular weight is 249 g/mol. The molecule has 1 aliphatic heterocycles. The molecule has 0 aromatic carbocycles. The highest BCUT2D eigenvalue weighted by molar-refractivity contribution is 5.27. The molecule has 2 aliphatic rings. The Balaban J connectivity index is 1.53. The topological polar surface area (TPSA) is 39.1 Å². The summed E-state index contributed by atoms with van der Waals surface area (Å²) in [6, 6.07) is 0.633. The second-order valence-corrected chi connectivity index (χ2v) is 5.49. The fourth-order valence-corrected chi connectivity index (χ4v) is 3.04. The van der Waals surface area contributed by atoms with Crippen LogP contribution in [0.2, 0.25) is 0 Å². The number of ether oxygens (including phenoxy) is 1. The molecule has 0 spiro atoms. The van der Waals surface area contributed by atoms with Crippen molar-refractivity contribution < 1.29 is 4.74 Å². The van der Waals surface area contributed by atoms with E-state index in [-0.39, 0.29) is 0 Å². The zero-order valence-electron chi connectivity index (χ0n) is 11.0. The molecule has 1 aromatic rings. The van der Waals surface area contributed by atoms with Gasteiger partial charge in [-0.1, -0.05) is 12.8 Å². The van der Waals surface area contributed by atoms with Gasteiger partial charge in [0.25, 0.3) is 0 Å². The Morgan fingerprint density at radius 2 is 2.17 bits per heavy atom. The lowest BCUT2D eigenvalue weighted by Crippen LogP contribution is -2.19. The molecule has 1 saturated heterocycles. The van der Waals surface area contributed by atoms with Crippen LogP contribution in [0.5, 0.6) is 0 Å². The third kappa shape index (κ3) is 2.86. The molecule has 1 N–H and O–H groups in total. The van der Waals surface area contributed by atoms with E-state index in [4.69, 9.17) is 4.74 Å². The van der Waals surface area contributed by atoms with Gasteiger partial charge in [0.05, 0.1) is 6.10 Å². The maximum Gasteiger partial charge on any atom is 0.202 e. The van der Waals surface area contributed by atoms with Crippen LogP contribution < -0.4 is 5.32 Å². The molecule has 1 aliphatic carbocycles. The summed E-state index contributed by atoms with van der Waals surface area (Å²) in [6.45, 7) is 1.96. The predicted molar refractivity (Wildman–Crippen MR) is 71.7 cm³/mol. The summed E-state index contributed by atoms with van der Waals surface area (Å²) < 4.78 is 7.91.